The van der Waals surface area contributed by atoms with Crippen LogP contribution in [0.25, 0.3) is 0 Å². The number of aromatic nitrogens is 2. The molecule has 0 bridgehead atoms. The molecule has 68 valence electrons. The van der Waals surface area contributed by atoms with Gasteiger partial charge < -0.3 is 11.5 Å². The lowest BCUT2D eigenvalue weighted by atomic mass is 10.3. The minimum absolute atomic E-state index is 0.0815. The van der Waals surface area contributed by atoms with Gasteiger partial charge in [-0.2, -0.15) is 5.10 Å². The van der Waals surface area contributed by atoms with Crippen molar-refractivity contribution in [1.29, 1.82) is 0 Å². The number of hydrogen-bond acceptors (Lipinski definition) is 4. The molecule has 0 radical (unpaired) electrons. The predicted molar refractivity (Wildman–Crippen MR) is 50.2 cm³/mol. The summed E-state index contributed by atoms with van der Waals surface area (Å²) in [6, 6.07) is 1.77. The van der Waals surface area contributed by atoms with E-state index in [4.69, 9.17) is 11.5 Å². The molecule has 0 amide bonds. The van der Waals surface area contributed by atoms with Crippen LogP contribution in [0.2, 0.25) is 0 Å². The van der Waals surface area contributed by atoms with Gasteiger partial charge in [0.2, 0.25) is 5.96 Å². The fourth-order valence-corrected chi connectivity index (χ4v) is 0.700. The molecule has 4 N–H and O–H groups in total. The maximum Gasteiger partial charge on any atom is 0.211 e. The van der Waals surface area contributed by atoms with Crippen LogP contribution in [0.3, 0.4) is 0 Å². The maximum atomic E-state index is 5.07. The van der Waals surface area contributed by atoms with Crippen LogP contribution in [0.15, 0.2) is 22.6 Å². The Bertz CT molecular complexity index is 339. The van der Waals surface area contributed by atoms with Gasteiger partial charge in [0, 0.05) is 5.69 Å². The zero-order valence-corrected chi connectivity index (χ0v) is 7.18. The summed E-state index contributed by atoms with van der Waals surface area (Å²) in [7, 11) is 0. The normalized spacial score (nSPS) is 10.2. The Morgan fingerprint density at radius 2 is 2.23 bits per heavy atom. The summed E-state index contributed by atoms with van der Waals surface area (Å²) >= 11 is 0. The van der Waals surface area contributed by atoms with Crippen LogP contribution in [0.4, 0.5) is 0 Å². The van der Waals surface area contributed by atoms with E-state index in [1.165, 1.54) is 12.5 Å². The van der Waals surface area contributed by atoms with Gasteiger partial charge >= 0.3 is 0 Å². The molecule has 1 rings (SSSR count). The molecule has 0 aliphatic heterocycles. The summed E-state index contributed by atoms with van der Waals surface area (Å²) in [4.78, 5) is 7.85. The molecular weight excluding hydrogens is 168 g/mol. The standard InChI is InChI=1S/C7H10N6/c1-5-2-6(11-4-10-5)3-12-13-7(8)9/h2-4H,1H3,(H4,8,9,13)/b12-3+. The van der Waals surface area contributed by atoms with Crippen molar-refractivity contribution >= 4 is 12.2 Å². The predicted octanol–water partition coefficient (Wildman–Crippen LogP) is -0.608. The van der Waals surface area contributed by atoms with Gasteiger partial charge in [-0.25, -0.2) is 9.97 Å². The number of aryl methyl sites for hydroxylation is 1. The number of nitrogens with two attached hydrogens (primary N) is 2. The minimum atomic E-state index is -0.0815. The van der Waals surface area contributed by atoms with Gasteiger partial charge in [-0.15, -0.1) is 5.10 Å². The molecule has 0 aliphatic rings. The fraction of sp³-hybridized carbons (Fsp3) is 0.143. The highest BCUT2D eigenvalue weighted by atomic mass is 15.3. The van der Waals surface area contributed by atoms with Gasteiger partial charge in [0.25, 0.3) is 0 Å². The molecule has 0 aromatic carbocycles. The van der Waals surface area contributed by atoms with E-state index in [0.29, 0.717) is 5.69 Å². The van der Waals surface area contributed by atoms with E-state index in [1.807, 2.05) is 6.92 Å². The molecule has 0 atom stereocenters. The molecule has 0 fully saturated rings. The largest absolute Gasteiger partial charge is 0.369 e. The van der Waals surface area contributed by atoms with Gasteiger partial charge in [0.15, 0.2) is 0 Å². The molecule has 13 heavy (non-hydrogen) atoms. The van der Waals surface area contributed by atoms with Crippen molar-refractivity contribution in [2.24, 2.45) is 21.7 Å². The average Bonchev–Trinajstić information content (AvgIpc) is 2.03. The van der Waals surface area contributed by atoms with Gasteiger partial charge in [0.05, 0.1) is 11.9 Å². The quantitative estimate of drug-likeness (QED) is 0.358. The molecule has 6 nitrogen and oxygen atoms in total. The highest BCUT2D eigenvalue weighted by Crippen LogP contribution is 1.92. The maximum absolute atomic E-state index is 5.07. The fourth-order valence-electron chi connectivity index (χ4n) is 0.700. The van der Waals surface area contributed by atoms with Crippen LogP contribution < -0.4 is 11.5 Å². The number of hydrogen-bond donors (Lipinski definition) is 2. The Hall–Kier alpha value is -1.98. The van der Waals surface area contributed by atoms with Gasteiger partial charge in [-0.3, -0.25) is 0 Å². The summed E-state index contributed by atoms with van der Waals surface area (Å²) in [6.07, 6.45) is 2.90. The molecule has 0 unspecified atom stereocenters. The molecule has 1 aromatic rings. The van der Waals surface area contributed by atoms with E-state index >= 15 is 0 Å². The average molecular weight is 178 g/mol. The van der Waals surface area contributed by atoms with Gasteiger partial charge in [-0.1, -0.05) is 0 Å². The first kappa shape index (κ1) is 9.11. The highest BCUT2D eigenvalue weighted by molar-refractivity contribution is 5.79. The zero-order chi connectivity index (χ0) is 9.68. The van der Waals surface area contributed by atoms with E-state index in [9.17, 15) is 0 Å². The van der Waals surface area contributed by atoms with E-state index in [1.54, 1.807) is 6.07 Å². The van der Waals surface area contributed by atoms with E-state index < -0.39 is 0 Å². The van der Waals surface area contributed by atoms with Crippen molar-refractivity contribution in [1.82, 2.24) is 9.97 Å². The topological polar surface area (TPSA) is 103 Å². The second-order valence-corrected chi connectivity index (χ2v) is 2.35. The first-order valence-electron chi connectivity index (χ1n) is 3.59. The van der Waals surface area contributed by atoms with E-state index in [2.05, 4.69) is 20.2 Å². The highest BCUT2D eigenvalue weighted by Gasteiger charge is 1.89. The van der Waals surface area contributed by atoms with Crippen LogP contribution in [0.1, 0.15) is 11.4 Å². The van der Waals surface area contributed by atoms with Crippen molar-refractivity contribution in [3.63, 3.8) is 0 Å². The molecule has 1 aromatic heterocycles. The minimum Gasteiger partial charge on any atom is -0.369 e. The molecule has 6 heteroatoms. The van der Waals surface area contributed by atoms with Crippen LogP contribution in [0.5, 0.6) is 0 Å². The third-order valence-corrected chi connectivity index (χ3v) is 1.19. The summed E-state index contributed by atoms with van der Waals surface area (Å²) in [6.45, 7) is 1.86. The monoisotopic (exact) mass is 178 g/mol. The van der Waals surface area contributed by atoms with E-state index in [0.717, 1.165) is 5.69 Å². The third kappa shape index (κ3) is 3.28. The Balaban J connectivity index is 2.75. The summed E-state index contributed by atoms with van der Waals surface area (Å²) < 4.78 is 0. The second-order valence-electron chi connectivity index (χ2n) is 2.35. The van der Waals surface area contributed by atoms with Crippen LogP contribution in [0, 0.1) is 6.92 Å². The molecular formula is C7H10N6. The molecule has 0 saturated carbocycles. The van der Waals surface area contributed by atoms with Gasteiger partial charge in [0.1, 0.15) is 6.33 Å². The number of guanidine groups is 1. The van der Waals surface area contributed by atoms with E-state index in [-0.39, 0.29) is 5.96 Å². The number of nitrogens with zero attached hydrogens (tertiary/aromatic N) is 4. The molecule has 1 heterocycles. The van der Waals surface area contributed by atoms with Crippen LogP contribution >= 0.6 is 0 Å². The lowest BCUT2D eigenvalue weighted by molar-refractivity contribution is 1.09. The lowest BCUT2D eigenvalue weighted by Gasteiger charge is -1.91. The first-order chi connectivity index (χ1) is 6.18. The smallest absolute Gasteiger partial charge is 0.211 e. The van der Waals surface area contributed by atoms with Crippen molar-refractivity contribution in [2.75, 3.05) is 0 Å². The summed E-state index contributed by atoms with van der Waals surface area (Å²) in [5.41, 5.74) is 11.7. The van der Waals surface area contributed by atoms with Crippen LogP contribution in [-0.2, 0) is 0 Å². The second kappa shape index (κ2) is 4.15. The molecule has 0 saturated heterocycles. The molecule has 0 spiro atoms. The van der Waals surface area contributed by atoms with Crippen molar-refractivity contribution < 1.29 is 0 Å². The summed E-state index contributed by atoms with van der Waals surface area (Å²) in [5, 5.41) is 7.04. The van der Waals surface area contributed by atoms with Crippen molar-refractivity contribution in [3.05, 3.63) is 23.8 Å². The van der Waals surface area contributed by atoms with Crippen LogP contribution in [-0.4, -0.2) is 22.1 Å². The molecule has 0 aliphatic carbocycles. The zero-order valence-electron chi connectivity index (χ0n) is 7.18. The Labute approximate surface area is 75.4 Å². The Morgan fingerprint density at radius 1 is 1.46 bits per heavy atom. The SMILES string of the molecule is Cc1cc(/C=N/N=C(N)N)ncn1. The third-order valence-electron chi connectivity index (χ3n) is 1.19. The van der Waals surface area contributed by atoms with Crippen molar-refractivity contribution in [3.8, 4) is 0 Å². The summed E-state index contributed by atoms with van der Waals surface area (Å²) in [5.74, 6) is -0.0815. The first-order valence-corrected chi connectivity index (χ1v) is 3.59. The Kier molecular flexibility index (Phi) is 2.91. The van der Waals surface area contributed by atoms with Crippen molar-refractivity contribution in [2.45, 2.75) is 6.92 Å². The lowest BCUT2D eigenvalue weighted by Crippen LogP contribution is -2.21. The Morgan fingerprint density at radius 3 is 2.85 bits per heavy atom. The number of rotatable bonds is 2. The van der Waals surface area contributed by atoms with Gasteiger partial charge in [-0.05, 0) is 13.0 Å².